The minimum Gasteiger partial charge on any atom is -0.497 e. The standard InChI is InChI=1S/C19H28N4O2S.HI/c1-5-17-13-21-18(26-17)14-22-19(20-6-2)23(3)11-12-25-16-9-7-15(24-4)8-10-16;/h7-10,13H,5-6,11-12,14H2,1-4H3,(H,20,22);1H. The van der Waals surface area contributed by atoms with Crippen LogP contribution in [0, 0.1) is 0 Å². The minimum atomic E-state index is 0. The number of aromatic nitrogens is 1. The second kappa shape index (κ2) is 12.8. The zero-order valence-corrected chi connectivity index (χ0v) is 19.5. The van der Waals surface area contributed by atoms with Gasteiger partial charge in [-0.25, -0.2) is 9.98 Å². The highest BCUT2D eigenvalue weighted by Crippen LogP contribution is 2.17. The van der Waals surface area contributed by atoms with E-state index in [9.17, 15) is 0 Å². The largest absolute Gasteiger partial charge is 0.497 e. The molecule has 1 aromatic carbocycles. The Morgan fingerprint density at radius 1 is 1.22 bits per heavy atom. The Kier molecular flexibility index (Phi) is 11.1. The molecule has 0 aliphatic heterocycles. The van der Waals surface area contributed by atoms with Gasteiger partial charge in [0.2, 0.25) is 0 Å². The summed E-state index contributed by atoms with van der Waals surface area (Å²) >= 11 is 1.72. The van der Waals surface area contributed by atoms with Crippen LogP contribution in [0.25, 0.3) is 0 Å². The van der Waals surface area contributed by atoms with Gasteiger partial charge < -0.3 is 19.7 Å². The summed E-state index contributed by atoms with van der Waals surface area (Å²) in [5.74, 6) is 2.51. The number of hydrogen-bond acceptors (Lipinski definition) is 5. The van der Waals surface area contributed by atoms with Crippen LogP contribution in [0.2, 0.25) is 0 Å². The first kappa shape index (κ1) is 23.5. The number of aliphatic imine (C=N–C) groups is 1. The summed E-state index contributed by atoms with van der Waals surface area (Å²) in [7, 11) is 3.67. The summed E-state index contributed by atoms with van der Waals surface area (Å²) in [6.45, 7) is 6.93. The predicted molar refractivity (Wildman–Crippen MR) is 123 cm³/mol. The van der Waals surface area contributed by atoms with E-state index in [4.69, 9.17) is 9.47 Å². The van der Waals surface area contributed by atoms with Gasteiger partial charge in [0.1, 0.15) is 23.1 Å². The van der Waals surface area contributed by atoms with E-state index in [-0.39, 0.29) is 24.0 Å². The molecule has 0 fully saturated rings. The molecule has 1 N–H and O–H groups in total. The van der Waals surface area contributed by atoms with E-state index in [1.54, 1.807) is 18.4 Å². The van der Waals surface area contributed by atoms with Gasteiger partial charge in [-0.3, -0.25) is 0 Å². The first-order valence-electron chi connectivity index (χ1n) is 8.86. The molecule has 8 heteroatoms. The van der Waals surface area contributed by atoms with Gasteiger partial charge in [0.05, 0.1) is 20.2 Å². The lowest BCUT2D eigenvalue weighted by Crippen LogP contribution is -2.40. The first-order valence-corrected chi connectivity index (χ1v) is 9.67. The van der Waals surface area contributed by atoms with Gasteiger partial charge in [-0.2, -0.15) is 0 Å². The Hall–Kier alpha value is -1.55. The quantitative estimate of drug-likeness (QED) is 0.320. The molecule has 0 radical (unpaired) electrons. The second-order valence-corrected chi connectivity index (χ2v) is 6.89. The topological polar surface area (TPSA) is 59.0 Å². The smallest absolute Gasteiger partial charge is 0.194 e. The van der Waals surface area contributed by atoms with Gasteiger partial charge in [0.25, 0.3) is 0 Å². The fourth-order valence-corrected chi connectivity index (χ4v) is 3.06. The molecular formula is C19H29IN4O2S. The molecule has 1 heterocycles. The molecule has 0 aliphatic carbocycles. The van der Waals surface area contributed by atoms with Gasteiger partial charge in [-0.1, -0.05) is 6.92 Å². The third-order valence-corrected chi connectivity index (χ3v) is 4.89. The number of rotatable bonds is 9. The number of methoxy groups -OCH3 is 1. The normalized spacial score (nSPS) is 10.9. The molecule has 0 saturated heterocycles. The van der Waals surface area contributed by atoms with Crippen molar-refractivity contribution in [2.24, 2.45) is 4.99 Å². The maximum absolute atomic E-state index is 5.79. The summed E-state index contributed by atoms with van der Waals surface area (Å²) in [5, 5.41) is 4.36. The number of hydrogen-bond donors (Lipinski definition) is 1. The average Bonchev–Trinajstić information content (AvgIpc) is 3.13. The molecule has 0 bridgehead atoms. The van der Waals surface area contributed by atoms with Crippen LogP contribution in [-0.4, -0.2) is 49.7 Å². The Balaban J connectivity index is 0.00000364. The summed E-state index contributed by atoms with van der Waals surface area (Å²) in [5.41, 5.74) is 0. The van der Waals surface area contributed by atoms with Crippen LogP contribution in [0.3, 0.4) is 0 Å². The Bertz CT molecular complexity index is 691. The number of guanidine groups is 1. The highest BCUT2D eigenvalue weighted by molar-refractivity contribution is 14.0. The fraction of sp³-hybridized carbons (Fsp3) is 0.474. The predicted octanol–water partition coefficient (Wildman–Crippen LogP) is 3.81. The van der Waals surface area contributed by atoms with Crippen molar-refractivity contribution in [1.29, 1.82) is 0 Å². The first-order chi connectivity index (χ1) is 12.7. The molecule has 0 saturated carbocycles. The van der Waals surface area contributed by atoms with Crippen LogP contribution >= 0.6 is 35.3 Å². The monoisotopic (exact) mass is 504 g/mol. The van der Waals surface area contributed by atoms with E-state index < -0.39 is 0 Å². The van der Waals surface area contributed by atoms with Crippen LogP contribution in [0.15, 0.2) is 35.5 Å². The molecule has 27 heavy (non-hydrogen) atoms. The van der Waals surface area contributed by atoms with Gasteiger partial charge in [-0.15, -0.1) is 35.3 Å². The van der Waals surface area contributed by atoms with Gasteiger partial charge in [0.15, 0.2) is 5.96 Å². The van der Waals surface area contributed by atoms with Crippen molar-refractivity contribution in [2.45, 2.75) is 26.8 Å². The SMILES string of the molecule is CCNC(=NCc1ncc(CC)s1)N(C)CCOc1ccc(OC)cc1.I. The van der Waals surface area contributed by atoms with Gasteiger partial charge in [-0.05, 0) is 37.6 Å². The molecule has 1 aromatic heterocycles. The molecule has 6 nitrogen and oxygen atoms in total. The van der Waals surface area contributed by atoms with Crippen molar-refractivity contribution in [3.05, 3.63) is 40.3 Å². The number of nitrogens with zero attached hydrogens (tertiary/aromatic N) is 3. The second-order valence-electron chi connectivity index (χ2n) is 5.69. The van der Waals surface area contributed by atoms with Gasteiger partial charge in [0, 0.05) is 24.7 Å². The summed E-state index contributed by atoms with van der Waals surface area (Å²) < 4.78 is 10.9. The number of benzene rings is 1. The van der Waals surface area contributed by atoms with Crippen molar-refractivity contribution < 1.29 is 9.47 Å². The van der Waals surface area contributed by atoms with Crippen LogP contribution in [0.1, 0.15) is 23.7 Å². The highest BCUT2D eigenvalue weighted by atomic mass is 127. The number of nitrogens with one attached hydrogen (secondary N) is 1. The molecule has 0 atom stereocenters. The lowest BCUT2D eigenvalue weighted by atomic mass is 10.3. The molecule has 0 spiro atoms. The zero-order chi connectivity index (χ0) is 18.8. The van der Waals surface area contributed by atoms with Gasteiger partial charge >= 0.3 is 0 Å². The van der Waals surface area contributed by atoms with Crippen LogP contribution in [-0.2, 0) is 13.0 Å². The van der Waals surface area contributed by atoms with E-state index in [1.807, 2.05) is 37.5 Å². The van der Waals surface area contributed by atoms with E-state index in [1.165, 1.54) is 4.88 Å². The molecule has 0 amide bonds. The number of thiazole rings is 1. The summed E-state index contributed by atoms with van der Waals surface area (Å²) in [4.78, 5) is 12.5. The third-order valence-electron chi connectivity index (χ3n) is 3.77. The Labute approximate surface area is 183 Å². The van der Waals surface area contributed by atoms with Crippen molar-refractivity contribution in [1.82, 2.24) is 15.2 Å². The highest BCUT2D eigenvalue weighted by Gasteiger charge is 2.07. The zero-order valence-electron chi connectivity index (χ0n) is 16.4. The molecule has 0 unspecified atom stereocenters. The summed E-state index contributed by atoms with van der Waals surface area (Å²) in [6.07, 6.45) is 2.96. The van der Waals surface area contributed by atoms with E-state index >= 15 is 0 Å². The molecule has 0 aliphatic rings. The molecule has 2 aromatic rings. The van der Waals surface area contributed by atoms with Crippen molar-refractivity contribution in [3.8, 4) is 11.5 Å². The fourth-order valence-electron chi connectivity index (χ4n) is 2.28. The maximum Gasteiger partial charge on any atom is 0.194 e. The molecule has 2 rings (SSSR count). The van der Waals surface area contributed by atoms with E-state index in [0.717, 1.165) is 42.0 Å². The number of likely N-dealkylation sites (N-methyl/N-ethyl adjacent to an activating group) is 1. The van der Waals surface area contributed by atoms with Crippen molar-refractivity contribution in [2.75, 3.05) is 33.9 Å². The Morgan fingerprint density at radius 2 is 1.93 bits per heavy atom. The minimum absolute atomic E-state index is 0. The number of halogens is 1. The summed E-state index contributed by atoms with van der Waals surface area (Å²) in [6, 6.07) is 7.60. The molecule has 150 valence electrons. The Morgan fingerprint density at radius 3 is 2.52 bits per heavy atom. The van der Waals surface area contributed by atoms with Crippen LogP contribution < -0.4 is 14.8 Å². The van der Waals surface area contributed by atoms with Crippen LogP contribution in [0.4, 0.5) is 0 Å². The van der Waals surface area contributed by atoms with E-state index in [2.05, 4.69) is 34.0 Å². The number of aryl methyl sites for hydroxylation is 1. The van der Waals surface area contributed by atoms with Crippen molar-refractivity contribution in [3.63, 3.8) is 0 Å². The van der Waals surface area contributed by atoms with Crippen molar-refractivity contribution >= 4 is 41.3 Å². The number of ether oxygens (including phenoxy) is 2. The maximum atomic E-state index is 5.79. The van der Waals surface area contributed by atoms with Crippen LogP contribution in [0.5, 0.6) is 11.5 Å². The third kappa shape index (κ3) is 7.92. The average molecular weight is 504 g/mol. The van der Waals surface area contributed by atoms with E-state index in [0.29, 0.717) is 13.2 Å². The lowest BCUT2D eigenvalue weighted by Gasteiger charge is -2.22. The molecular weight excluding hydrogens is 475 g/mol. The lowest BCUT2D eigenvalue weighted by molar-refractivity contribution is 0.281.